The summed E-state index contributed by atoms with van der Waals surface area (Å²) in [7, 11) is -3.00. The second-order valence-corrected chi connectivity index (χ2v) is 6.69. The molecule has 1 fully saturated rings. The number of terminal acetylenes is 1. The Kier molecular flexibility index (Phi) is 5.63. The third kappa shape index (κ3) is 4.31. The molecule has 102 valence electrons. The second kappa shape index (κ2) is 6.76. The van der Waals surface area contributed by atoms with Crippen molar-refractivity contribution >= 4 is 15.7 Å². The van der Waals surface area contributed by atoms with Gasteiger partial charge in [0, 0.05) is 6.04 Å². The fourth-order valence-corrected chi connectivity index (χ4v) is 3.74. The quantitative estimate of drug-likeness (QED) is 0.529. The number of nitrogens with zero attached hydrogens (tertiary/aromatic N) is 1. The van der Waals surface area contributed by atoms with Crippen molar-refractivity contribution in [1.82, 2.24) is 10.2 Å². The van der Waals surface area contributed by atoms with Crippen LogP contribution in [0.3, 0.4) is 0 Å². The van der Waals surface area contributed by atoms with Gasteiger partial charge in [0.1, 0.15) is 0 Å². The van der Waals surface area contributed by atoms with Crippen LogP contribution >= 0.6 is 0 Å². The van der Waals surface area contributed by atoms with E-state index in [-0.39, 0.29) is 36.5 Å². The molecule has 1 amide bonds. The zero-order valence-corrected chi connectivity index (χ0v) is 11.5. The Morgan fingerprint density at radius 2 is 2.28 bits per heavy atom. The maximum absolute atomic E-state index is 12.0. The Hall–Kier alpha value is -1.06. The zero-order valence-electron chi connectivity index (χ0n) is 10.7. The molecule has 1 saturated heterocycles. The van der Waals surface area contributed by atoms with Crippen LogP contribution < -0.4 is 5.32 Å². The smallest absolute Gasteiger partial charge is 0.237 e. The molecule has 0 spiro atoms. The minimum atomic E-state index is -3.00. The molecule has 0 aromatic heterocycles. The summed E-state index contributed by atoms with van der Waals surface area (Å²) in [6.45, 7) is 3.16. The highest BCUT2D eigenvalue weighted by Crippen LogP contribution is 2.17. The van der Waals surface area contributed by atoms with Crippen molar-refractivity contribution < 1.29 is 13.2 Å². The molecule has 18 heavy (non-hydrogen) atoms. The van der Waals surface area contributed by atoms with Crippen LogP contribution in [0.1, 0.15) is 19.8 Å². The number of carbonyl (C=O) groups is 1. The molecule has 0 aromatic carbocycles. The molecular formula is C12H20N2O3S. The highest BCUT2D eigenvalue weighted by Gasteiger charge is 2.33. The molecule has 1 atom stereocenters. The molecule has 5 nitrogen and oxygen atoms in total. The molecule has 0 aromatic rings. The van der Waals surface area contributed by atoms with Crippen molar-refractivity contribution in [3.05, 3.63) is 0 Å². The summed E-state index contributed by atoms with van der Waals surface area (Å²) in [5.74, 6) is 2.49. The molecule has 0 radical (unpaired) electrons. The summed E-state index contributed by atoms with van der Waals surface area (Å²) >= 11 is 0. The van der Waals surface area contributed by atoms with Gasteiger partial charge in [-0.2, -0.15) is 0 Å². The first kappa shape index (κ1) is 15.0. The molecule has 0 aliphatic carbocycles. The average Bonchev–Trinajstić information content (AvgIpc) is 2.66. The van der Waals surface area contributed by atoms with Gasteiger partial charge < -0.3 is 10.2 Å². The van der Waals surface area contributed by atoms with Crippen LogP contribution in [0.25, 0.3) is 0 Å². The van der Waals surface area contributed by atoms with Gasteiger partial charge in [-0.05, 0) is 19.4 Å². The van der Waals surface area contributed by atoms with Gasteiger partial charge in [0.25, 0.3) is 0 Å². The summed E-state index contributed by atoms with van der Waals surface area (Å²) in [5.41, 5.74) is 0. The maximum atomic E-state index is 12.0. The zero-order chi connectivity index (χ0) is 13.6. The van der Waals surface area contributed by atoms with Crippen LogP contribution in [0.5, 0.6) is 0 Å². The molecule has 1 aliphatic heterocycles. The van der Waals surface area contributed by atoms with Crippen molar-refractivity contribution in [1.29, 1.82) is 0 Å². The Morgan fingerprint density at radius 1 is 1.56 bits per heavy atom. The van der Waals surface area contributed by atoms with Crippen LogP contribution in [-0.2, 0) is 14.6 Å². The highest BCUT2D eigenvalue weighted by atomic mass is 32.2. The van der Waals surface area contributed by atoms with Crippen LogP contribution in [0, 0.1) is 12.3 Å². The number of rotatable bonds is 6. The average molecular weight is 272 g/mol. The third-order valence-corrected chi connectivity index (χ3v) is 4.68. The Balaban J connectivity index is 2.60. The van der Waals surface area contributed by atoms with E-state index >= 15 is 0 Å². The summed E-state index contributed by atoms with van der Waals surface area (Å²) in [6.07, 6.45) is 6.68. The lowest BCUT2D eigenvalue weighted by Gasteiger charge is -2.26. The second-order valence-electron chi connectivity index (χ2n) is 4.46. The number of hydrogen-bond donors (Lipinski definition) is 1. The van der Waals surface area contributed by atoms with E-state index in [4.69, 9.17) is 6.42 Å². The lowest BCUT2D eigenvalue weighted by atomic mass is 10.2. The number of sulfone groups is 1. The first-order valence-corrected chi connectivity index (χ1v) is 7.96. The van der Waals surface area contributed by atoms with Gasteiger partial charge in [-0.25, -0.2) is 8.42 Å². The third-order valence-electron chi connectivity index (χ3n) is 2.93. The summed E-state index contributed by atoms with van der Waals surface area (Å²) in [6, 6.07) is -0.262. The normalized spacial score (nSPS) is 21.4. The van der Waals surface area contributed by atoms with Crippen LogP contribution in [0.15, 0.2) is 0 Å². The monoisotopic (exact) mass is 272 g/mol. The minimum absolute atomic E-state index is 0.0359. The van der Waals surface area contributed by atoms with Crippen molar-refractivity contribution in [3.63, 3.8) is 0 Å². The first-order valence-electron chi connectivity index (χ1n) is 6.14. The van der Waals surface area contributed by atoms with E-state index in [9.17, 15) is 13.2 Å². The lowest BCUT2D eigenvalue weighted by Crippen LogP contribution is -2.45. The molecule has 1 aliphatic rings. The van der Waals surface area contributed by atoms with E-state index in [2.05, 4.69) is 11.2 Å². The van der Waals surface area contributed by atoms with E-state index in [0.717, 1.165) is 13.0 Å². The Labute approximate surface area is 109 Å². The number of amides is 1. The minimum Gasteiger partial charge on any atom is -0.326 e. The summed E-state index contributed by atoms with van der Waals surface area (Å²) in [5, 5.41) is 3.01. The predicted molar refractivity (Wildman–Crippen MR) is 70.8 cm³/mol. The first-order chi connectivity index (χ1) is 8.50. The van der Waals surface area contributed by atoms with E-state index in [0.29, 0.717) is 6.42 Å². The Morgan fingerprint density at radius 3 is 2.78 bits per heavy atom. The van der Waals surface area contributed by atoms with E-state index in [1.165, 1.54) is 4.90 Å². The van der Waals surface area contributed by atoms with E-state index < -0.39 is 9.84 Å². The van der Waals surface area contributed by atoms with E-state index in [1.807, 2.05) is 6.92 Å². The highest BCUT2D eigenvalue weighted by molar-refractivity contribution is 7.91. The van der Waals surface area contributed by atoms with Crippen molar-refractivity contribution in [2.45, 2.75) is 25.8 Å². The van der Waals surface area contributed by atoms with Crippen molar-refractivity contribution in [3.8, 4) is 12.3 Å². The molecule has 1 N–H and O–H groups in total. The maximum Gasteiger partial charge on any atom is 0.237 e. The van der Waals surface area contributed by atoms with Crippen LogP contribution in [-0.4, -0.2) is 56.4 Å². The van der Waals surface area contributed by atoms with Gasteiger partial charge in [0.2, 0.25) is 5.91 Å². The van der Waals surface area contributed by atoms with Gasteiger partial charge in [-0.3, -0.25) is 4.79 Å². The lowest BCUT2D eigenvalue weighted by molar-refractivity contribution is -0.131. The molecule has 1 heterocycles. The SMILES string of the molecule is C#CCN(C(=O)CNCCC)C1CCS(=O)(=O)C1. The van der Waals surface area contributed by atoms with Crippen LogP contribution in [0.2, 0.25) is 0 Å². The molecule has 0 saturated carbocycles. The predicted octanol–water partition coefficient (Wildman–Crippen LogP) is -0.365. The molecule has 0 bridgehead atoms. The number of nitrogens with one attached hydrogen (secondary N) is 1. The van der Waals surface area contributed by atoms with Gasteiger partial charge in [-0.1, -0.05) is 12.8 Å². The molecule has 1 rings (SSSR count). The fraction of sp³-hybridized carbons (Fsp3) is 0.750. The largest absolute Gasteiger partial charge is 0.326 e. The van der Waals surface area contributed by atoms with Crippen molar-refractivity contribution in [2.24, 2.45) is 0 Å². The van der Waals surface area contributed by atoms with Gasteiger partial charge >= 0.3 is 0 Å². The van der Waals surface area contributed by atoms with Gasteiger partial charge in [-0.15, -0.1) is 6.42 Å². The molecule has 6 heteroatoms. The topological polar surface area (TPSA) is 66.5 Å². The fourth-order valence-electron chi connectivity index (χ4n) is 2.01. The number of carbonyl (C=O) groups excluding carboxylic acids is 1. The van der Waals surface area contributed by atoms with Crippen LogP contribution in [0.4, 0.5) is 0 Å². The van der Waals surface area contributed by atoms with Crippen molar-refractivity contribution in [2.75, 3.05) is 31.1 Å². The number of hydrogen-bond acceptors (Lipinski definition) is 4. The summed E-state index contributed by atoms with van der Waals surface area (Å²) in [4.78, 5) is 13.5. The van der Waals surface area contributed by atoms with Gasteiger partial charge in [0.05, 0.1) is 24.6 Å². The molecule has 1 unspecified atom stereocenters. The van der Waals surface area contributed by atoms with Gasteiger partial charge in [0.15, 0.2) is 9.84 Å². The standard InChI is InChI=1S/C12H20N2O3S/c1-3-6-13-9-12(15)14(7-4-2)11-5-8-18(16,17)10-11/h2,11,13H,3,5-10H2,1H3. The molecular weight excluding hydrogens is 252 g/mol. The van der Waals surface area contributed by atoms with E-state index in [1.54, 1.807) is 0 Å². The summed E-state index contributed by atoms with van der Waals surface area (Å²) < 4.78 is 22.9. The Bertz CT molecular complexity index is 425.